The van der Waals surface area contributed by atoms with E-state index in [9.17, 15) is 13.2 Å². The molecule has 2 atom stereocenters. The molecule has 0 saturated carbocycles. The highest BCUT2D eigenvalue weighted by Gasteiger charge is 2.26. The van der Waals surface area contributed by atoms with Gasteiger partial charge in [-0.2, -0.15) is 13.2 Å². The van der Waals surface area contributed by atoms with Crippen molar-refractivity contribution < 1.29 is 18.3 Å². The van der Waals surface area contributed by atoms with Crippen LogP contribution in [0.25, 0.3) is 0 Å². The first-order valence-corrected chi connectivity index (χ1v) is 5.70. The molecule has 0 rings (SSSR count). The summed E-state index contributed by atoms with van der Waals surface area (Å²) in [6.07, 6.45) is -4.19. The van der Waals surface area contributed by atoms with Crippen LogP contribution in [0.2, 0.25) is 0 Å². The minimum Gasteiger partial charge on any atom is -0.395 e. The van der Waals surface area contributed by atoms with Crippen molar-refractivity contribution in [1.82, 2.24) is 5.32 Å². The van der Waals surface area contributed by atoms with Gasteiger partial charge < -0.3 is 10.4 Å². The fourth-order valence-corrected chi connectivity index (χ4v) is 1.51. The first-order valence-electron chi connectivity index (χ1n) is 5.70. The molecule has 0 aromatic rings. The zero-order chi connectivity index (χ0) is 12.8. The summed E-state index contributed by atoms with van der Waals surface area (Å²) in [5.41, 5.74) is 0. The quantitative estimate of drug-likeness (QED) is 0.718. The highest BCUT2D eigenvalue weighted by molar-refractivity contribution is 4.73. The van der Waals surface area contributed by atoms with Crippen LogP contribution in [0, 0.1) is 5.92 Å². The van der Waals surface area contributed by atoms with Crippen molar-refractivity contribution in [3.8, 4) is 0 Å². The molecule has 0 bridgehead atoms. The number of hydrogen-bond acceptors (Lipinski definition) is 2. The summed E-state index contributed by atoms with van der Waals surface area (Å²) >= 11 is 0. The molecule has 0 aromatic carbocycles. The molecule has 0 heterocycles. The summed E-state index contributed by atoms with van der Waals surface area (Å²) in [4.78, 5) is 0. The maximum Gasteiger partial charge on any atom is 0.389 e. The summed E-state index contributed by atoms with van der Waals surface area (Å²) in [5.74, 6) is 0.273. The Morgan fingerprint density at radius 1 is 1.19 bits per heavy atom. The Hall–Kier alpha value is -0.290. The second kappa shape index (κ2) is 7.12. The van der Waals surface area contributed by atoms with Gasteiger partial charge in [0, 0.05) is 18.5 Å². The highest BCUT2D eigenvalue weighted by Crippen LogP contribution is 2.22. The zero-order valence-electron chi connectivity index (χ0n) is 10.1. The van der Waals surface area contributed by atoms with Gasteiger partial charge in [-0.05, 0) is 25.7 Å². The number of hydrogen-bond donors (Lipinski definition) is 2. The van der Waals surface area contributed by atoms with Crippen LogP contribution in [0.5, 0.6) is 0 Å². The van der Waals surface area contributed by atoms with E-state index >= 15 is 0 Å². The number of alkyl halides is 3. The number of aliphatic hydroxyl groups is 1. The molecule has 98 valence electrons. The van der Waals surface area contributed by atoms with E-state index in [1.807, 2.05) is 20.8 Å². The molecular formula is C11H22F3NO. The average molecular weight is 241 g/mol. The lowest BCUT2D eigenvalue weighted by Gasteiger charge is -2.24. The van der Waals surface area contributed by atoms with Gasteiger partial charge in [-0.15, -0.1) is 0 Å². The van der Waals surface area contributed by atoms with Gasteiger partial charge >= 0.3 is 6.18 Å². The third-order valence-electron chi connectivity index (χ3n) is 2.60. The van der Waals surface area contributed by atoms with Crippen molar-refractivity contribution in [1.29, 1.82) is 0 Å². The molecule has 2 unspecified atom stereocenters. The van der Waals surface area contributed by atoms with Gasteiger partial charge in [0.25, 0.3) is 0 Å². The molecule has 0 radical (unpaired) electrons. The lowest BCUT2D eigenvalue weighted by Crippen LogP contribution is -2.42. The molecule has 2 nitrogen and oxygen atoms in total. The third kappa shape index (κ3) is 7.93. The van der Waals surface area contributed by atoms with Crippen LogP contribution in [-0.4, -0.2) is 30.0 Å². The van der Waals surface area contributed by atoms with E-state index in [4.69, 9.17) is 5.11 Å². The van der Waals surface area contributed by atoms with Crippen LogP contribution in [0.3, 0.4) is 0 Å². The molecule has 0 saturated heterocycles. The van der Waals surface area contributed by atoms with Crippen LogP contribution >= 0.6 is 0 Å². The van der Waals surface area contributed by atoms with Gasteiger partial charge in [0.15, 0.2) is 0 Å². The Kier molecular flexibility index (Phi) is 6.99. The molecule has 5 heteroatoms. The average Bonchev–Trinajstić information content (AvgIpc) is 2.11. The fourth-order valence-electron chi connectivity index (χ4n) is 1.51. The van der Waals surface area contributed by atoms with Crippen molar-refractivity contribution in [3.63, 3.8) is 0 Å². The second-order valence-electron chi connectivity index (χ2n) is 4.61. The van der Waals surface area contributed by atoms with E-state index in [0.29, 0.717) is 6.42 Å². The summed E-state index contributed by atoms with van der Waals surface area (Å²) in [6.45, 7) is 5.80. The van der Waals surface area contributed by atoms with Crippen LogP contribution in [0.4, 0.5) is 13.2 Å². The van der Waals surface area contributed by atoms with E-state index in [0.717, 1.165) is 0 Å². The van der Waals surface area contributed by atoms with E-state index < -0.39 is 12.6 Å². The molecule has 16 heavy (non-hydrogen) atoms. The van der Waals surface area contributed by atoms with Gasteiger partial charge in [0.1, 0.15) is 0 Å². The van der Waals surface area contributed by atoms with Crippen LogP contribution < -0.4 is 5.32 Å². The minimum atomic E-state index is -4.06. The maximum atomic E-state index is 11.9. The van der Waals surface area contributed by atoms with Crippen LogP contribution in [-0.2, 0) is 0 Å². The van der Waals surface area contributed by atoms with Crippen molar-refractivity contribution in [3.05, 3.63) is 0 Å². The molecule has 0 aromatic heterocycles. The number of rotatable bonds is 7. The topological polar surface area (TPSA) is 32.3 Å². The second-order valence-corrected chi connectivity index (χ2v) is 4.61. The molecule has 0 spiro atoms. The summed E-state index contributed by atoms with van der Waals surface area (Å²) in [6, 6.07) is -0.0391. The lowest BCUT2D eigenvalue weighted by atomic mass is 10.0. The predicted octanol–water partition coefficient (Wildman–Crippen LogP) is 2.71. The van der Waals surface area contributed by atoms with Crippen LogP contribution in [0.15, 0.2) is 0 Å². The van der Waals surface area contributed by atoms with Crippen molar-refractivity contribution in [2.45, 2.75) is 58.3 Å². The molecule has 0 fully saturated rings. The van der Waals surface area contributed by atoms with Gasteiger partial charge in [0.2, 0.25) is 0 Å². The first kappa shape index (κ1) is 15.7. The lowest BCUT2D eigenvalue weighted by molar-refractivity contribution is -0.135. The van der Waals surface area contributed by atoms with Crippen molar-refractivity contribution >= 4 is 0 Å². The molecular weight excluding hydrogens is 219 g/mol. The molecule has 0 amide bonds. The van der Waals surface area contributed by atoms with Gasteiger partial charge in [-0.3, -0.25) is 0 Å². The predicted molar refractivity (Wildman–Crippen MR) is 58.2 cm³/mol. The summed E-state index contributed by atoms with van der Waals surface area (Å²) in [7, 11) is 0. The molecule has 0 aliphatic heterocycles. The first-order chi connectivity index (χ1) is 7.26. The minimum absolute atomic E-state index is 0.00176. The molecule has 2 N–H and O–H groups in total. The monoisotopic (exact) mass is 241 g/mol. The number of aliphatic hydroxyl groups excluding tert-OH is 1. The smallest absolute Gasteiger partial charge is 0.389 e. The Morgan fingerprint density at radius 3 is 2.12 bits per heavy atom. The van der Waals surface area contributed by atoms with Crippen molar-refractivity contribution in [2.24, 2.45) is 5.92 Å². The Balaban J connectivity index is 3.77. The summed E-state index contributed by atoms with van der Waals surface area (Å²) in [5, 5.41) is 12.2. The Bertz CT molecular complexity index is 183. The Morgan fingerprint density at radius 2 is 1.75 bits per heavy atom. The van der Waals surface area contributed by atoms with E-state index in [2.05, 4.69) is 5.32 Å². The summed E-state index contributed by atoms with van der Waals surface area (Å²) < 4.78 is 35.7. The van der Waals surface area contributed by atoms with E-state index in [-0.39, 0.29) is 31.0 Å². The third-order valence-corrected chi connectivity index (χ3v) is 2.60. The highest BCUT2D eigenvalue weighted by atomic mass is 19.4. The van der Waals surface area contributed by atoms with Crippen molar-refractivity contribution in [2.75, 3.05) is 6.61 Å². The normalized spacial score (nSPS) is 16.5. The van der Waals surface area contributed by atoms with E-state index in [1.54, 1.807) is 0 Å². The number of nitrogens with one attached hydrogen (secondary N) is 1. The zero-order valence-corrected chi connectivity index (χ0v) is 10.1. The molecule has 0 aliphatic carbocycles. The number of halogens is 3. The standard InChI is InChI=1S/C11H22F3NO/c1-8(2)10(7-16)15-9(3)5-4-6-11(12,13)14/h8-10,15-16H,4-7H2,1-3H3. The van der Waals surface area contributed by atoms with Crippen LogP contribution in [0.1, 0.15) is 40.0 Å². The van der Waals surface area contributed by atoms with Gasteiger partial charge in [0.05, 0.1) is 6.61 Å². The maximum absolute atomic E-state index is 11.9. The van der Waals surface area contributed by atoms with Gasteiger partial charge in [-0.1, -0.05) is 13.8 Å². The molecule has 0 aliphatic rings. The SMILES string of the molecule is CC(CCCC(F)(F)F)NC(CO)C(C)C. The van der Waals surface area contributed by atoms with E-state index in [1.165, 1.54) is 0 Å². The Labute approximate surface area is 95.2 Å². The largest absolute Gasteiger partial charge is 0.395 e. The fraction of sp³-hybridized carbons (Fsp3) is 1.00. The van der Waals surface area contributed by atoms with Gasteiger partial charge in [-0.25, -0.2) is 0 Å².